The van der Waals surface area contributed by atoms with E-state index in [0.717, 1.165) is 27.6 Å². The van der Waals surface area contributed by atoms with Crippen molar-refractivity contribution in [2.24, 2.45) is 0 Å². The van der Waals surface area contributed by atoms with Crippen molar-refractivity contribution in [3.8, 4) is 77.9 Å². The number of hydrogen-bond acceptors (Lipinski definition) is 0. The maximum atomic E-state index is 14.8. The molecule has 0 aliphatic rings. The van der Waals surface area contributed by atoms with Crippen molar-refractivity contribution < 1.29 is 4.39 Å². The molecule has 0 bridgehead atoms. The summed E-state index contributed by atoms with van der Waals surface area (Å²) < 4.78 is 14.8. The zero-order valence-corrected chi connectivity index (χ0v) is 38.7. The van der Waals surface area contributed by atoms with Crippen LogP contribution in [0.4, 0.5) is 4.39 Å². The third-order valence-corrected chi connectivity index (χ3v) is 15.0. The molecule has 0 unspecified atom stereocenters. The first-order chi connectivity index (χ1) is 35.2. The molecule has 14 aromatic carbocycles. The quantitative estimate of drug-likeness (QED) is 0.140. The van der Waals surface area contributed by atoms with Crippen molar-refractivity contribution in [2.75, 3.05) is 0 Å². The van der Waals surface area contributed by atoms with E-state index in [1.54, 1.807) is 12.1 Å². The van der Waals surface area contributed by atoms with E-state index >= 15 is 0 Å². The number of rotatable bonds is 7. The Morgan fingerprint density at radius 2 is 0.423 bits per heavy atom. The van der Waals surface area contributed by atoms with Gasteiger partial charge in [0.25, 0.3) is 0 Å². The van der Waals surface area contributed by atoms with Gasteiger partial charge >= 0.3 is 0 Å². The van der Waals surface area contributed by atoms with Gasteiger partial charge in [0.1, 0.15) is 5.82 Å². The van der Waals surface area contributed by atoms with Gasteiger partial charge in [0.05, 0.1) is 0 Å². The molecule has 0 aliphatic heterocycles. The molecule has 0 radical (unpaired) electrons. The predicted molar refractivity (Wildman–Crippen MR) is 301 cm³/mol. The first-order valence-electron chi connectivity index (χ1n) is 24.4. The zero-order valence-electron chi connectivity index (χ0n) is 38.7. The average molecular weight is 903 g/mol. The third kappa shape index (κ3) is 6.58. The van der Waals surface area contributed by atoms with E-state index in [9.17, 15) is 4.39 Å². The van der Waals surface area contributed by atoms with Gasteiger partial charge in [0.2, 0.25) is 0 Å². The molecule has 71 heavy (non-hydrogen) atoms. The lowest BCUT2D eigenvalue weighted by molar-refractivity contribution is 0.628. The zero-order chi connectivity index (χ0) is 47.0. The Morgan fingerprint density at radius 1 is 0.169 bits per heavy atom. The van der Waals surface area contributed by atoms with Crippen LogP contribution < -0.4 is 0 Å². The molecule has 0 saturated heterocycles. The molecule has 0 atom stereocenters. The fourth-order valence-electron chi connectivity index (χ4n) is 11.7. The van der Waals surface area contributed by atoms with Crippen molar-refractivity contribution >= 4 is 64.6 Å². The molecular weight excluding hydrogens is 860 g/mol. The Hall–Kier alpha value is -9.17. The minimum Gasteiger partial charge on any atom is -0.207 e. The largest absolute Gasteiger partial charge is 0.207 e. The lowest BCUT2D eigenvalue weighted by Gasteiger charge is -2.23. The predicted octanol–water partition coefficient (Wildman–Crippen LogP) is 19.9. The molecule has 0 saturated carbocycles. The van der Waals surface area contributed by atoms with Crippen LogP contribution in [0.1, 0.15) is 0 Å². The molecule has 14 rings (SSSR count). The summed E-state index contributed by atoms with van der Waals surface area (Å²) >= 11 is 0. The smallest absolute Gasteiger partial charge is 0.123 e. The van der Waals surface area contributed by atoms with E-state index in [2.05, 4.69) is 237 Å². The van der Waals surface area contributed by atoms with E-state index in [1.165, 1.54) is 115 Å². The second kappa shape index (κ2) is 16.5. The fourth-order valence-corrected chi connectivity index (χ4v) is 11.7. The highest BCUT2D eigenvalue weighted by Crippen LogP contribution is 2.51. The Kier molecular flexibility index (Phi) is 9.50. The van der Waals surface area contributed by atoms with Crippen LogP contribution in [0.25, 0.3) is 143 Å². The number of halogens is 1. The van der Waals surface area contributed by atoms with Gasteiger partial charge in [-0.3, -0.25) is 0 Å². The first kappa shape index (κ1) is 40.9. The maximum Gasteiger partial charge on any atom is 0.123 e. The molecule has 0 heterocycles. The minimum atomic E-state index is -0.250. The molecule has 0 spiro atoms. The molecule has 0 N–H and O–H groups in total. The molecule has 0 aromatic heterocycles. The Labute approximate surface area is 411 Å². The summed E-state index contributed by atoms with van der Waals surface area (Å²) in [6.07, 6.45) is 0. The monoisotopic (exact) mass is 902 g/mol. The number of hydrogen-bond donors (Lipinski definition) is 0. The van der Waals surface area contributed by atoms with Gasteiger partial charge in [-0.05, 0) is 167 Å². The number of fused-ring (bicyclic) bond motifs is 3. The summed E-state index contributed by atoms with van der Waals surface area (Å²) in [5.74, 6) is -0.250. The second-order valence-electron chi connectivity index (χ2n) is 18.7. The van der Waals surface area contributed by atoms with Crippen LogP contribution in [0.15, 0.2) is 261 Å². The van der Waals surface area contributed by atoms with Crippen LogP contribution in [-0.2, 0) is 0 Å². The molecule has 1 heteroatoms. The van der Waals surface area contributed by atoms with E-state index in [1.807, 2.05) is 12.1 Å². The van der Waals surface area contributed by atoms with Crippen LogP contribution in [0, 0.1) is 5.82 Å². The van der Waals surface area contributed by atoms with Gasteiger partial charge in [-0.15, -0.1) is 0 Å². The summed E-state index contributed by atoms with van der Waals surface area (Å²) in [4.78, 5) is 0. The average Bonchev–Trinajstić information content (AvgIpc) is 3.45. The van der Waals surface area contributed by atoms with Gasteiger partial charge in [-0.25, -0.2) is 4.39 Å². The second-order valence-corrected chi connectivity index (χ2v) is 18.7. The van der Waals surface area contributed by atoms with Crippen LogP contribution in [0.3, 0.4) is 0 Å². The topological polar surface area (TPSA) is 0 Å². The summed E-state index contributed by atoms with van der Waals surface area (Å²) in [5.41, 5.74) is 16.3. The molecule has 0 aliphatic carbocycles. The Bertz CT molecular complexity index is 4220. The van der Waals surface area contributed by atoms with Crippen LogP contribution in [0.2, 0.25) is 0 Å². The van der Waals surface area contributed by atoms with Crippen molar-refractivity contribution in [3.63, 3.8) is 0 Å². The molecule has 0 fully saturated rings. The highest BCUT2D eigenvalue weighted by Gasteiger charge is 2.24. The van der Waals surface area contributed by atoms with Crippen LogP contribution in [0.5, 0.6) is 0 Å². The van der Waals surface area contributed by atoms with E-state index in [0.29, 0.717) is 0 Å². The normalized spacial score (nSPS) is 11.7. The van der Waals surface area contributed by atoms with Gasteiger partial charge < -0.3 is 0 Å². The molecular formula is C70H43F. The van der Waals surface area contributed by atoms with Crippen molar-refractivity contribution in [3.05, 3.63) is 267 Å². The highest BCUT2D eigenvalue weighted by atomic mass is 19.1. The lowest BCUT2D eigenvalue weighted by Crippen LogP contribution is -1.96. The van der Waals surface area contributed by atoms with Gasteiger partial charge in [-0.2, -0.15) is 0 Å². The SMILES string of the molecule is Fc1ccc(-c2cc(-c3ccc(-c4ccccc4)c4ccccc34)c3ccc4c(-c5ccc(-c6ccccc6)c6ccccc56)cc(-c5ccc(-c6ccccc6)c6ccccc56)c5ccc2c3c54)cc1. The Balaban J connectivity index is 1.13. The lowest BCUT2D eigenvalue weighted by atomic mass is 9.80. The summed E-state index contributed by atoms with van der Waals surface area (Å²) in [6.45, 7) is 0. The fraction of sp³-hybridized carbons (Fsp3) is 0. The molecule has 0 nitrogen and oxygen atoms in total. The van der Waals surface area contributed by atoms with E-state index in [-0.39, 0.29) is 5.82 Å². The number of benzene rings is 14. The third-order valence-electron chi connectivity index (χ3n) is 15.0. The first-order valence-corrected chi connectivity index (χ1v) is 24.4. The summed E-state index contributed by atoms with van der Waals surface area (Å²) in [7, 11) is 0. The van der Waals surface area contributed by atoms with Crippen LogP contribution >= 0.6 is 0 Å². The Morgan fingerprint density at radius 3 is 0.761 bits per heavy atom. The van der Waals surface area contributed by atoms with Crippen LogP contribution in [-0.4, -0.2) is 0 Å². The van der Waals surface area contributed by atoms with Crippen molar-refractivity contribution in [2.45, 2.75) is 0 Å². The van der Waals surface area contributed by atoms with Crippen molar-refractivity contribution in [1.82, 2.24) is 0 Å². The maximum absolute atomic E-state index is 14.8. The summed E-state index contributed by atoms with van der Waals surface area (Å²) in [6, 6.07) is 93.8. The van der Waals surface area contributed by atoms with E-state index in [4.69, 9.17) is 0 Å². The van der Waals surface area contributed by atoms with Gasteiger partial charge in [0.15, 0.2) is 0 Å². The van der Waals surface area contributed by atoms with Crippen molar-refractivity contribution in [1.29, 1.82) is 0 Å². The molecule has 14 aromatic rings. The molecule has 0 amide bonds. The highest BCUT2D eigenvalue weighted by molar-refractivity contribution is 6.33. The standard InChI is InChI=1S/C70H43F/c71-48-30-28-47(29-31-48)65-42-66(58-35-32-49(44-16-4-1-5-17-44)52-22-10-13-25-55(52)58)62-40-41-64-68(60-37-34-51(46-20-8-3-9-21-46)54-24-12-15-27-57(54)60)43-67(63-39-38-61(65)69(62)70(63)64)59-36-33-50(45-18-6-2-7-19-45)53-23-11-14-26-56(53)59/h1-43H. The minimum absolute atomic E-state index is 0.250. The summed E-state index contributed by atoms with van der Waals surface area (Å²) in [5, 5.41) is 14.3. The van der Waals surface area contributed by atoms with Gasteiger partial charge in [0, 0.05) is 0 Å². The van der Waals surface area contributed by atoms with E-state index < -0.39 is 0 Å². The molecule has 330 valence electrons. The van der Waals surface area contributed by atoms with Gasteiger partial charge in [-0.1, -0.05) is 237 Å².